The zero-order valence-corrected chi connectivity index (χ0v) is 12.2. The third-order valence-corrected chi connectivity index (χ3v) is 4.03. The van der Waals surface area contributed by atoms with Gasteiger partial charge in [0.25, 0.3) is 5.91 Å². The van der Waals surface area contributed by atoms with Crippen molar-refractivity contribution in [2.45, 2.75) is 38.6 Å². The van der Waals surface area contributed by atoms with Crippen molar-refractivity contribution < 1.29 is 4.79 Å². The van der Waals surface area contributed by atoms with Crippen LogP contribution in [-0.2, 0) is 0 Å². The van der Waals surface area contributed by atoms with Crippen molar-refractivity contribution >= 4 is 11.6 Å². The first-order valence-electron chi connectivity index (χ1n) is 7.59. The standard InChI is InChI=1S/C16H25N3O/c1-2-18-16(20)12-7-5-8-14(10-12)19-15-9-4-3-6-13(15)11-17/h5,7-8,10,13,15,19H,2-4,6,9,11,17H2,1H3,(H,18,20). The van der Waals surface area contributed by atoms with E-state index in [9.17, 15) is 4.79 Å². The van der Waals surface area contributed by atoms with E-state index in [0.717, 1.165) is 18.7 Å². The molecule has 0 saturated heterocycles. The molecule has 0 aromatic heterocycles. The molecule has 1 amide bonds. The monoisotopic (exact) mass is 275 g/mol. The summed E-state index contributed by atoms with van der Waals surface area (Å²) in [5, 5.41) is 6.39. The van der Waals surface area contributed by atoms with E-state index in [-0.39, 0.29) is 5.91 Å². The van der Waals surface area contributed by atoms with Gasteiger partial charge in [0.1, 0.15) is 0 Å². The summed E-state index contributed by atoms with van der Waals surface area (Å²) in [6, 6.07) is 8.14. The van der Waals surface area contributed by atoms with Crippen LogP contribution in [0.3, 0.4) is 0 Å². The fourth-order valence-corrected chi connectivity index (χ4v) is 2.91. The van der Waals surface area contributed by atoms with Crippen LogP contribution in [0.1, 0.15) is 43.0 Å². The fraction of sp³-hybridized carbons (Fsp3) is 0.562. The van der Waals surface area contributed by atoms with E-state index in [4.69, 9.17) is 5.73 Å². The maximum absolute atomic E-state index is 11.9. The smallest absolute Gasteiger partial charge is 0.251 e. The van der Waals surface area contributed by atoms with Crippen LogP contribution < -0.4 is 16.4 Å². The number of hydrogen-bond acceptors (Lipinski definition) is 3. The van der Waals surface area contributed by atoms with Crippen molar-refractivity contribution in [1.29, 1.82) is 0 Å². The lowest BCUT2D eigenvalue weighted by atomic mass is 9.84. The highest BCUT2D eigenvalue weighted by Gasteiger charge is 2.23. The summed E-state index contributed by atoms with van der Waals surface area (Å²) >= 11 is 0. The van der Waals surface area contributed by atoms with E-state index in [1.54, 1.807) is 0 Å². The lowest BCUT2D eigenvalue weighted by molar-refractivity contribution is 0.0956. The van der Waals surface area contributed by atoms with Crippen molar-refractivity contribution in [2.75, 3.05) is 18.4 Å². The van der Waals surface area contributed by atoms with Crippen molar-refractivity contribution in [1.82, 2.24) is 5.32 Å². The third kappa shape index (κ3) is 3.73. The number of carbonyl (C=O) groups is 1. The number of hydrogen-bond donors (Lipinski definition) is 3. The highest BCUT2D eigenvalue weighted by Crippen LogP contribution is 2.26. The molecule has 2 unspecified atom stereocenters. The molecule has 0 bridgehead atoms. The number of nitrogens with one attached hydrogen (secondary N) is 2. The minimum atomic E-state index is -0.0184. The Balaban J connectivity index is 2.05. The quantitative estimate of drug-likeness (QED) is 0.773. The average molecular weight is 275 g/mol. The molecule has 0 heterocycles. The molecule has 2 atom stereocenters. The molecule has 1 fully saturated rings. The number of amides is 1. The molecular weight excluding hydrogens is 250 g/mol. The molecule has 1 aliphatic carbocycles. The molecule has 4 N–H and O–H groups in total. The summed E-state index contributed by atoms with van der Waals surface area (Å²) < 4.78 is 0. The Kier molecular flexibility index (Phi) is 5.41. The van der Waals surface area contributed by atoms with Crippen LogP contribution in [0.4, 0.5) is 5.69 Å². The molecule has 2 rings (SSSR count). The van der Waals surface area contributed by atoms with Crippen LogP contribution in [0, 0.1) is 5.92 Å². The fourth-order valence-electron chi connectivity index (χ4n) is 2.91. The first-order valence-corrected chi connectivity index (χ1v) is 7.59. The van der Waals surface area contributed by atoms with E-state index in [1.807, 2.05) is 31.2 Å². The molecule has 1 saturated carbocycles. The Morgan fingerprint density at radius 2 is 2.15 bits per heavy atom. The van der Waals surface area contributed by atoms with E-state index in [1.165, 1.54) is 19.3 Å². The summed E-state index contributed by atoms with van der Waals surface area (Å²) in [6.07, 6.45) is 4.89. The SMILES string of the molecule is CCNC(=O)c1cccc(NC2CCCCC2CN)c1. The minimum absolute atomic E-state index is 0.0184. The highest BCUT2D eigenvalue weighted by molar-refractivity contribution is 5.95. The van der Waals surface area contributed by atoms with Gasteiger partial charge in [-0.05, 0) is 50.4 Å². The molecule has 0 spiro atoms. The normalized spacial score (nSPS) is 22.3. The molecule has 110 valence electrons. The van der Waals surface area contributed by atoms with Gasteiger partial charge in [0.05, 0.1) is 0 Å². The van der Waals surface area contributed by atoms with Crippen LogP contribution in [0.15, 0.2) is 24.3 Å². The lowest BCUT2D eigenvalue weighted by Gasteiger charge is -2.32. The van der Waals surface area contributed by atoms with Crippen molar-refractivity contribution in [3.05, 3.63) is 29.8 Å². The van der Waals surface area contributed by atoms with Gasteiger partial charge in [-0.3, -0.25) is 4.79 Å². The minimum Gasteiger partial charge on any atom is -0.382 e. The second-order valence-corrected chi connectivity index (χ2v) is 5.47. The Bertz CT molecular complexity index is 447. The second-order valence-electron chi connectivity index (χ2n) is 5.47. The van der Waals surface area contributed by atoms with Gasteiger partial charge in [-0.25, -0.2) is 0 Å². The zero-order chi connectivity index (χ0) is 14.4. The average Bonchev–Trinajstić information content (AvgIpc) is 2.48. The first kappa shape index (κ1) is 14.9. The lowest BCUT2D eigenvalue weighted by Crippen LogP contribution is -2.36. The molecular formula is C16H25N3O. The van der Waals surface area contributed by atoms with Crippen LogP contribution in [0.25, 0.3) is 0 Å². The molecule has 1 aromatic rings. The van der Waals surface area contributed by atoms with Gasteiger partial charge in [-0.2, -0.15) is 0 Å². The third-order valence-electron chi connectivity index (χ3n) is 4.03. The first-order chi connectivity index (χ1) is 9.74. The van der Waals surface area contributed by atoms with Crippen molar-refractivity contribution in [3.8, 4) is 0 Å². The summed E-state index contributed by atoms with van der Waals surface area (Å²) in [5.41, 5.74) is 7.58. The van der Waals surface area contributed by atoms with Crippen molar-refractivity contribution in [3.63, 3.8) is 0 Å². The Morgan fingerprint density at radius 3 is 2.90 bits per heavy atom. The molecule has 1 aromatic carbocycles. The van der Waals surface area contributed by atoms with Crippen LogP contribution >= 0.6 is 0 Å². The number of anilines is 1. The van der Waals surface area contributed by atoms with Crippen LogP contribution in [0.2, 0.25) is 0 Å². The summed E-state index contributed by atoms with van der Waals surface area (Å²) in [7, 11) is 0. The predicted molar refractivity (Wildman–Crippen MR) is 82.9 cm³/mol. The van der Waals surface area contributed by atoms with E-state index < -0.39 is 0 Å². The Hall–Kier alpha value is -1.55. The van der Waals surface area contributed by atoms with E-state index in [2.05, 4.69) is 10.6 Å². The molecule has 4 nitrogen and oxygen atoms in total. The maximum Gasteiger partial charge on any atom is 0.251 e. The highest BCUT2D eigenvalue weighted by atomic mass is 16.1. The van der Waals surface area contributed by atoms with Gasteiger partial charge in [0, 0.05) is 23.8 Å². The van der Waals surface area contributed by atoms with Gasteiger partial charge >= 0.3 is 0 Å². The van der Waals surface area contributed by atoms with Crippen molar-refractivity contribution in [2.24, 2.45) is 11.7 Å². The Morgan fingerprint density at radius 1 is 1.35 bits per heavy atom. The van der Waals surface area contributed by atoms with Crippen LogP contribution in [-0.4, -0.2) is 25.0 Å². The molecule has 20 heavy (non-hydrogen) atoms. The van der Waals surface area contributed by atoms with Gasteiger partial charge in [0.15, 0.2) is 0 Å². The van der Waals surface area contributed by atoms with E-state index >= 15 is 0 Å². The zero-order valence-electron chi connectivity index (χ0n) is 12.2. The van der Waals surface area contributed by atoms with Crippen LogP contribution in [0.5, 0.6) is 0 Å². The topological polar surface area (TPSA) is 67.2 Å². The largest absolute Gasteiger partial charge is 0.382 e. The molecule has 0 radical (unpaired) electrons. The summed E-state index contributed by atoms with van der Waals surface area (Å²) in [5.74, 6) is 0.520. The maximum atomic E-state index is 11.9. The second kappa shape index (κ2) is 7.29. The van der Waals surface area contributed by atoms with Gasteiger partial charge in [-0.15, -0.1) is 0 Å². The van der Waals surface area contributed by atoms with Gasteiger partial charge in [0.2, 0.25) is 0 Å². The molecule has 4 heteroatoms. The Labute approximate surface area is 121 Å². The number of benzene rings is 1. The molecule has 1 aliphatic rings. The molecule has 0 aliphatic heterocycles. The number of carbonyl (C=O) groups excluding carboxylic acids is 1. The number of rotatable bonds is 5. The summed E-state index contributed by atoms with van der Waals surface area (Å²) in [4.78, 5) is 11.9. The predicted octanol–water partition coefficient (Wildman–Crippen LogP) is 2.37. The van der Waals surface area contributed by atoms with Gasteiger partial charge in [-0.1, -0.05) is 18.9 Å². The van der Waals surface area contributed by atoms with E-state index in [0.29, 0.717) is 24.1 Å². The van der Waals surface area contributed by atoms with Gasteiger partial charge < -0.3 is 16.4 Å². The number of nitrogens with two attached hydrogens (primary N) is 1. The summed E-state index contributed by atoms with van der Waals surface area (Å²) in [6.45, 7) is 3.30.